The topological polar surface area (TPSA) is 75.7 Å². The number of anilines is 1. The third-order valence-corrected chi connectivity index (χ3v) is 5.33. The lowest BCUT2D eigenvalue weighted by Crippen LogP contribution is -2.36. The Morgan fingerprint density at radius 2 is 1.72 bits per heavy atom. The van der Waals surface area contributed by atoms with Crippen LogP contribution in [-0.4, -0.2) is 28.5 Å². The molecular formula is C24H17FN2O4S. The van der Waals surface area contributed by atoms with E-state index in [1.165, 1.54) is 18.2 Å². The van der Waals surface area contributed by atoms with E-state index in [1.54, 1.807) is 30.3 Å². The van der Waals surface area contributed by atoms with Crippen molar-refractivity contribution < 1.29 is 23.5 Å². The molecule has 0 unspecified atom stereocenters. The van der Waals surface area contributed by atoms with Crippen LogP contribution in [0.15, 0.2) is 83.8 Å². The van der Waals surface area contributed by atoms with Crippen molar-refractivity contribution in [2.45, 2.75) is 0 Å². The lowest BCUT2D eigenvalue weighted by Gasteiger charge is -2.12. The maximum atomic E-state index is 13.3. The number of rotatable bonds is 6. The highest BCUT2D eigenvalue weighted by molar-refractivity contribution is 8.18. The monoisotopic (exact) mass is 448 g/mol. The molecule has 0 bridgehead atoms. The molecule has 8 heteroatoms. The zero-order valence-corrected chi connectivity index (χ0v) is 17.5. The zero-order valence-electron chi connectivity index (χ0n) is 16.7. The van der Waals surface area contributed by atoms with Crippen LogP contribution in [0.1, 0.15) is 5.56 Å². The number of thioether (sulfide) groups is 1. The molecule has 1 heterocycles. The van der Waals surface area contributed by atoms with E-state index < -0.39 is 29.4 Å². The summed E-state index contributed by atoms with van der Waals surface area (Å²) in [5.74, 6) is -0.413. The van der Waals surface area contributed by atoms with Crippen molar-refractivity contribution in [1.29, 1.82) is 0 Å². The number of nitrogens with one attached hydrogen (secondary N) is 1. The number of carbonyl (C=O) groups is 3. The van der Waals surface area contributed by atoms with Gasteiger partial charge in [-0.05, 0) is 65.9 Å². The van der Waals surface area contributed by atoms with E-state index in [1.807, 2.05) is 30.3 Å². The van der Waals surface area contributed by atoms with Gasteiger partial charge in [0.2, 0.25) is 5.91 Å². The van der Waals surface area contributed by atoms with Crippen LogP contribution in [0.4, 0.5) is 14.9 Å². The number of imide groups is 1. The van der Waals surface area contributed by atoms with Crippen molar-refractivity contribution >= 4 is 40.6 Å². The van der Waals surface area contributed by atoms with E-state index in [2.05, 4.69) is 5.32 Å². The average molecular weight is 448 g/mol. The Labute approximate surface area is 187 Å². The SMILES string of the molecule is O=C(CN1C(=O)S/C(=C/c2cccc(Oc3ccccc3)c2)C1=O)Nc1cccc(F)c1. The Morgan fingerprint density at radius 3 is 2.50 bits per heavy atom. The van der Waals surface area contributed by atoms with Crippen molar-refractivity contribution in [3.8, 4) is 11.5 Å². The maximum absolute atomic E-state index is 13.3. The number of benzene rings is 3. The smallest absolute Gasteiger partial charge is 0.294 e. The van der Waals surface area contributed by atoms with Gasteiger partial charge in [0.05, 0.1) is 4.91 Å². The normalized spacial score (nSPS) is 14.7. The molecule has 160 valence electrons. The molecule has 3 amide bonds. The zero-order chi connectivity index (χ0) is 22.5. The van der Waals surface area contributed by atoms with Crippen LogP contribution in [0.5, 0.6) is 11.5 Å². The minimum Gasteiger partial charge on any atom is -0.457 e. The van der Waals surface area contributed by atoms with Crippen molar-refractivity contribution in [2.75, 3.05) is 11.9 Å². The van der Waals surface area contributed by atoms with E-state index in [0.717, 1.165) is 22.7 Å². The fourth-order valence-corrected chi connectivity index (χ4v) is 3.83. The second-order valence-electron chi connectivity index (χ2n) is 6.81. The molecule has 1 N–H and O–H groups in total. The molecule has 32 heavy (non-hydrogen) atoms. The Bertz CT molecular complexity index is 1210. The number of amides is 3. The third-order valence-electron chi connectivity index (χ3n) is 4.42. The van der Waals surface area contributed by atoms with Gasteiger partial charge in [-0.15, -0.1) is 0 Å². The predicted octanol–water partition coefficient (Wildman–Crippen LogP) is 5.29. The number of ether oxygens (including phenoxy) is 1. The summed E-state index contributed by atoms with van der Waals surface area (Å²) in [6, 6.07) is 21.7. The first-order valence-electron chi connectivity index (χ1n) is 9.62. The summed E-state index contributed by atoms with van der Waals surface area (Å²) in [6.45, 7) is -0.463. The number of para-hydroxylation sites is 1. The molecule has 1 aliphatic heterocycles. The Morgan fingerprint density at radius 1 is 0.969 bits per heavy atom. The van der Waals surface area contributed by atoms with Crippen LogP contribution >= 0.6 is 11.8 Å². The van der Waals surface area contributed by atoms with Crippen LogP contribution in [0.2, 0.25) is 0 Å². The third kappa shape index (κ3) is 5.22. The first-order chi connectivity index (χ1) is 15.5. The fourth-order valence-electron chi connectivity index (χ4n) is 2.99. The summed E-state index contributed by atoms with van der Waals surface area (Å²) in [5, 5.41) is 1.93. The van der Waals surface area contributed by atoms with Gasteiger partial charge in [0.25, 0.3) is 11.1 Å². The summed E-state index contributed by atoms with van der Waals surface area (Å²) < 4.78 is 19.1. The minimum absolute atomic E-state index is 0.199. The maximum Gasteiger partial charge on any atom is 0.294 e. The van der Waals surface area contributed by atoms with Gasteiger partial charge in [-0.3, -0.25) is 19.3 Å². The molecule has 3 aromatic carbocycles. The summed E-state index contributed by atoms with van der Waals surface area (Å²) in [5.41, 5.74) is 0.917. The van der Waals surface area contributed by atoms with E-state index >= 15 is 0 Å². The Balaban J connectivity index is 1.44. The molecule has 3 aromatic rings. The second kappa shape index (κ2) is 9.49. The highest BCUT2D eigenvalue weighted by Gasteiger charge is 2.36. The van der Waals surface area contributed by atoms with E-state index in [0.29, 0.717) is 17.1 Å². The van der Waals surface area contributed by atoms with Gasteiger partial charge in [-0.25, -0.2) is 4.39 Å². The van der Waals surface area contributed by atoms with E-state index in [-0.39, 0.29) is 10.6 Å². The number of hydrogen-bond donors (Lipinski definition) is 1. The Kier molecular flexibility index (Phi) is 6.32. The molecule has 1 saturated heterocycles. The molecule has 1 fully saturated rings. The lowest BCUT2D eigenvalue weighted by molar-refractivity contribution is -0.127. The molecule has 1 aliphatic rings. The molecule has 0 saturated carbocycles. The highest BCUT2D eigenvalue weighted by atomic mass is 32.2. The molecule has 6 nitrogen and oxygen atoms in total. The van der Waals surface area contributed by atoms with Crippen molar-refractivity contribution in [2.24, 2.45) is 0 Å². The average Bonchev–Trinajstić information content (AvgIpc) is 3.02. The van der Waals surface area contributed by atoms with Gasteiger partial charge in [-0.1, -0.05) is 36.4 Å². The second-order valence-corrected chi connectivity index (χ2v) is 7.81. The quantitative estimate of drug-likeness (QED) is 0.519. The molecule has 0 spiro atoms. The van der Waals surface area contributed by atoms with Crippen molar-refractivity contribution in [3.05, 3.63) is 95.1 Å². The van der Waals surface area contributed by atoms with Crippen molar-refractivity contribution in [1.82, 2.24) is 4.90 Å². The van der Waals surface area contributed by atoms with E-state index in [9.17, 15) is 18.8 Å². The summed E-state index contributed by atoms with van der Waals surface area (Å²) in [4.78, 5) is 38.3. The molecule has 0 aliphatic carbocycles. The standard InChI is InChI=1S/C24H17FN2O4S/c25-17-7-5-8-18(14-17)26-22(28)15-27-23(29)21(32-24(27)30)13-16-6-4-11-20(12-16)31-19-9-2-1-3-10-19/h1-14H,15H2,(H,26,28)/b21-13+. The van der Waals surface area contributed by atoms with Gasteiger partial charge in [0.15, 0.2) is 0 Å². The first-order valence-corrected chi connectivity index (χ1v) is 10.4. The highest BCUT2D eigenvalue weighted by Crippen LogP contribution is 2.33. The van der Waals surface area contributed by atoms with E-state index in [4.69, 9.17) is 4.74 Å². The summed E-state index contributed by atoms with van der Waals surface area (Å²) in [6.07, 6.45) is 1.58. The van der Waals surface area contributed by atoms with Crippen LogP contribution < -0.4 is 10.1 Å². The number of nitrogens with zero attached hydrogens (tertiary/aromatic N) is 1. The molecule has 0 atom stereocenters. The van der Waals surface area contributed by atoms with Crippen LogP contribution in [0.3, 0.4) is 0 Å². The Hall–Kier alpha value is -3.91. The van der Waals surface area contributed by atoms with Crippen molar-refractivity contribution in [3.63, 3.8) is 0 Å². The first kappa shape index (κ1) is 21.3. The molecule has 4 rings (SSSR count). The number of hydrogen-bond acceptors (Lipinski definition) is 5. The molecular weight excluding hydrogens is 431 g/mol. The largest absolute Gasteiger partial charge is 0.457 e. The van der Waals surface area contributed by atoms with Gasteiger partial charge >= 0.3 is 0 Å². The summed E-state index contributed by atoms with van der Waals surface area (Å²) in [7, 11) is 0. The van der Waals surface area contributed by atoms with Crippen LogP contribution in [0.25, 0.3) is 6.08 Å². The van der Waals surface area contributed by atoms with Gasteiger partial charge in [-0.2, -0.15) is 0 Å². The number of halogens is 1. The van der Waals surface area contributed by atoms with Gasteiger partial charge in [0.1, 0.15) is 23.9 Å². The number of carbonyl (C=O) groups excluding carboxylic acids is 3. The van der Waals surface area contributed by atoms with Gasteiger partial charge < -0.3 is 10.1 Å². The minimum atomic E-state index is -0.600. The molecule has 0 aromatic heterocycles. The lowest BCUT2D eigenvalue weighted by atomic mass is 10.2. The van der Waals surface area contributed by atoms with Crippen LogP contribution in [0, 0.1) is 5.82 Å². The predicted molar refractivity (Wildman–Crippen MR) is 121 cm³/mol. The molecule has 0 radical (unpaired) electrons. The fraction of sp³-hybridized carbons (Fsp3) is 0.0417. The summed E-state index contributed by atoms with van der Waals surface area (Å²) >= 11 is 0.755. The van der Waals surface area contributed by atoms with Crippen LogP contribution in [-0.2, 0) is 9.59 Å². The van der Waals surface area contributed by atoms with Gasteiger partial charge in [0, 0.05) is 5.69 Å².